The van der Waals surface area contributed by atoms with Gasteiger partial charge in [-0.3, -0.25) is 4.79 Å². The first-order valence-electron chi connectivity index (χ1n) is 6.74. The summed E-state index contributed by atoms with van der Waals surface area (Å²) >= 11 is 0. The van der Waals surface area contributed by atoms with E-state index < -0.39 is 0 Å². The van der Waals surface area contributed by atoms with Crippen LogP contribution in [0.25, 0.3) is 0 Å². The van der Waals surface area contributed by atoms with Gasteiger partial charge in [-0.25, -0.2) is 0 Å². The molecule has 0 aliphatic rings. The topological polar surface area (TPSA) is 58.6 Å². The summed E-state index contributed by atoms with van der Waals surface area (Å²) in [5, 5.41) is 11.9. The van der Waals surface area contributed by atoms with Gasteiger partial charge >= 0.3 is 0 Å². The number of methoxy groups -OCH3 is 1. The summed E-state index contributed by atoms with van der Waals surface area (Å²) in [6, 6.07) is 7.09. The molecular weight excluding hydrogens is 242 g/mol. The number of hydrogen-bond acceptors (Lipinski definition) is 3. The van der Waals surface area contributed by atoms with E-state index in [0.717, 1.165) is 19.3 Å². The van der Waals surface area contributed by atoms with Gasteiger partial charge in [0, 0.05) is 18.7 Å². The molecule has 1 unspecified atom stereocenters. The highest BCUT2D eigenvalue weighted by Gasteiger charge is 2.11. The third-order valence-electron chi connectivity index (χ3n) is 3.12. The minimum atomic E-state index is -0.0991. The van der Waals surface area contributed by atoms with E-state index in [0.29, 0.717) is 23.8 Å². The fourth-order valence-electron chi connectivity index (χ4n) is 2.04. The van der Waals surface area contributed by atoms with Crippen molar-refractivity contribution in [2.45, 2.75) is 26.2 Å². The van der Waals surface area contributed by atoms with Crippen molar-refractivity contribution >= 4 is 5.91 Å². The van der Waals surface area contributed by atoms with Crippen molar-refractivity contribution in [2.24, 2.45) is 5.92 Å². The predicted molar refractivity (Wildman–Crippen MR) is 75.4 cm³/mol. The molecule has 0 aliphatic carbocycles. The first-order chi connectivity index (χ1) is 9.21. The number of nitrogens with one attached hydrogen (secondary N) is 1. The van der Waals surface area contributed by atoms with Crippen LogP contribution in [0.4, 0.5) is 0 Å². The molecule has 0 heterocycles. The molecule has 0 saturated heterocycles. The summed E-state index contributed by atoms with van der Waals surface area (Å²) in [5.41, 5.74) is 0.596. The first-order valence-corrected chi connectivity index (χ1v) is 6.74. The number of carbonyl (C=O) groups is 1. The number of aliphatic hydroxyl groups is 1. The summed E-state index contributed by atoms with van der Waals surface area (Å²) in [6.07, 6.45) is 2.80. The quantitative estimate of drug-likeness (QED) is 0.757. The molecular formula is C15H23NO3. The maximum Gasteiger partial charge on any atom is 0.251 e. The van der Waals surface area contributed by atoms with E-state index in [1.807, 2.05) is 6.07 Å². The first kappa shape index (κ1) is 15.5. The number of amides is 1. The van der Waals surface area contributed by atoms with Crippen LogP contribution in [0.5, 0.6) is 5.75 Å². The van der Waals surface area contributed by atoms with Gasteiger partial charge < -0.3 is 15.2 Å². The lowest BCUT2D eigenvalue weighted by atomic mass is 10.00. The van der Waals surface area contributed by atoms with Crippen LogP contribution in [0.3, 0.4) is 0 Å². The zero-order valence-corrected chi connectivity index (χ0v) is 11.7. The van der Waals surface area contributed by atoms with Gasteiger partial charge in [0.2, 0.25) is 0 Å². The molecule has 0 aliphatic heterocycles. The van der Waals surface area contributed by atoms with Gasteiger partial charge in [-0.1, -0.05) is 19.4 Å². The molecule has 0 aromatic heterocycles. The van der Waals surface area contributed by atoms with E-state index in [9.17, 15) is 4.79 Å². The second kappa shape index (κ2) is 8.53. The van der Waals surface area contributed by atoms with Crippen molar-refractivity contribution in [2.75, 3.05) is 20.3 Å². The Labute approximate surface area is 114 Å². The number of rotatable bonds is 8. The average molecular weight is 265 g/mol. The smallest absolute Gasteiger partial charge is 0.251 e. The van der Waals surface area contributed by atoms with E-state index in [2.05, 4.69) is 12.2 Å². The largest absolute Gasteiger partial charge is 0.497 e. The summed E-state index contributed by atoms with van der Waals surface area (Å²) in [5.74, 6) is 0.913. The Hall–Kier alpha value is -1.55. The molecule has 1 aromatic carbocycles. The Kier molecular flexibility index (Phi) is 6.97. The van der Waals surface area contributed by atoms with E-state index in [1.54, 1.807) is 25.3 Å². The highest BCUT2D eigenvalue weighted by Crippen LogP contribution is 2.13. The Morgan fingerprint density at radius 2 is 2.21 bits per heavy atom. The highest BCUT2D eigenvalue weighted by atomic mass is 16.5. The van der Waals surface area contributed by atoms with Gasteiger partial charge in [0.05, 0.1) is 7.11 Å². The molecule has 1 amide bonds. The Balaban J connectivity index is 2.53. The lowest BCUT2D eigenvalue weighted by molar-refractivity contribution is 0.0942. The Morgan fingerprint density at radius 3 is 2.84 bits per heavy atom. The summed E-state index contributed by atoms with van der Waals surface area (Å²) in [6.45, 7) is 2.87. The van der Waals surface area contributed by atoms with Crippen LogP contribution in [-0.4, -0.2) is 31.3 Å². The van der Waals surface area contributed by atoms with Crippen LogP contribution in [-0.2, 0) is 0 Å². The normalized spacial score (nSPS) is 11.9. The molecule has 0 fully saturated rings. The lowest BCUT2D eigenvalue weighted by Gasteiger charge is -2.15. The van der Waals surface area contributed by atoms with Crippen molar-refractivity contribution in [1.29, 1.82) is 0 Å². The number of aliphatic hydroxyl groups excluding tert-OH is 1. The second-order valence-electron chi connectivity index (χ2n) is 4.61. The third-order valence-corrected chi connectivity index (χ3v) is 3.12. The summed E-state index contributed by atoms with van der Waals surface area (Å²) in [7, 11) is 1.58. The number of ether oxygens (including phenoxy) is 1. The molecule has 0 bridgehead atoms. The van der Waals surface area contributed by atoms with Crippen LogP contribution in [0.2, 0.25) is 0 Å². The molecule has 1 atom stereocenters. The molecule has 0 spiro atoms. The zero-order chi connectivity index (χ0) is 14.1. The van der Waals surface area contributed by atoms with E-state index in [1.165, 1.54) is 0 Å². The standard InChI is InChI=1S/C15H23NO3/c1-3-5-12(8-9-17)11-16-15(18)13-6-4-7-14(10-13)19-2/h4,6-7,10,12,17H,3,5,8-9,11H2,1-2H3,(H,16,18). The molecule has 1 rings (SSSR count). The maximum absolute atomic E-state index is 12.0. The van der Waals surface area contributed by atoms with Crippen molar-refractivity contribution in [1.82, 2.24) is 5.32 Å². The van der Waals surface area contributed by atoms with Crippen LogP contribution < -0.4 is 10.1 Å². The molecule has 0 saturated carbocycles. The fourth-order valence-corrected chi connectivity index (χ4v) is 2.04. The van der Waals surface area contributed by atoms with E-state index in [4.69, 9.17) is 9.84 Å². The fraction of sp³-hybridized carbons (Fsp3) is 0.533. The van der Waals surface area contributed by atoms with E-state index in [-0.39, 0.29) is 12.5 Å². The third kappa shape index (κ3) is 5.30. The lowest BCUT2D eigenvalue weighted by Crippen LogP contribution is -2.29. The minimum Gasteiger partial charge on any atom is -0.497 e. The van der Waals surface area contributed by atoms with Crippen molar-refractivity contribution in [3.8, 4) is 5.75 Å². The predicted octanol–water partition coefficient (Wildman–Crippen LogP) is 2.22. The molecule has 4 nitrogen and oxygen atoms in total. The van der Waals surface area contributed by atoms with Crippen molar-refractivity contribution in [3.05, 3.63) is 29.8 Å². The van der Waals surface area contributed by atoms with Crippen LogP contribution in [0.15, 0.2) is 24.3 Å². The van der Waals surface area contributed by atoms with Crippen LogP contribution in [0.1, 0.15) is 36.5 Å². The molecule has 106 valence electrons. The average Bonchev–Trinajstić information content (AvgIpc) is 2.45. The summed E-state index contributed by atoms with van der Waals surface area (Å²) in [4.78, 5) is 12.0. The molecule has 2 N–H and O–H groups in total. The zero-order valence-electron chi connectivity index (χ0n) is 11.7. The molecule has 0 radical (unpaired) electrons. The Morgan fingerprint density at radius 1 is 1.42 bits per heavy atom. The second-order valence-corrected chi connectivity index (χ2v) is 4.61. The van der Waals surface area contributed by atoms with Gasteiger partial charge in [0.25, 0.3) is 5.91 Å². The summed E-state index contributed by atoms with van der Waals surface area (Å²) < 4.78 is 5.09. The molecule has 19 heavy (non-hydrogen) atoms. The van der Waals surface area contributed by atoms with Crippen molar-refractivity contribution < 1.29 is 14.6 Å². The molecule has 4 heteroatoms. The monoisotopic (exact) mass is 265 g/mol. The van der Waals surface area contributed by atoms with Crippen molar-refractivity contribution in [3.63, 3.8) is 0 Å². The molecule has 1 aromatic rings. The van der Waals surface area contributed by atoms with Crippen LogP contribution >= 0.6 is 0 Å². The van der Waals surface area contributed by atoms with Gasteiger partial charge in [0.15, 0.2) is 0 Å². The SMILES string of the molecule is CCCC(CCO)CNC(=O)c1cccc(OC)c1. The van der Waals surface area contributed by atoms with Crippen LogP contribution in [0, 0.1) is 5.92 Å². The number of hydrogen-bond donors (Lipinski definition) is 2. The number of benzene rings is 1. The maximum atomic E-state index is 12.0. The highest BCUT2D eigenvalue weighted by molar-refractivity contribution is 5.94. The minimum absolute atomic E-state index is 0.0991. The van der Waals surface area contributed by atoms with E-state index >= 15 is 0 Å². The van der Waals surface area contributed by atoms with Gasteiger partial charge in [-0.15, -0.1) is 0 Å². The Bertz CT molecular complexity index is 387. The van der Waals surface area contributed by atoms with Gasteiger partial charge in [0.1, 0.15) is 5.75 Å². The van der Waals surface area contributed by atoms with Gasteiger partial charge in [-0.2, -0.15) is 0 Å². The van der Waals surface area contributed by atoms with Gasteiger partial charge in [-0.05, 0) is 37.0 Å². The number of carbonyl (C=O) groups excluding carboxylic acids is 1.